The molecule has 4 heterocycles. The summed E-state index contributed by atoms with van der Waals surface area (Å²) in [5, 5.41) is 2.07. The molecule has 96 valence electrons. The van der Waals surface area contributed by atoms with E-state index in [0.717, 1.165) is 36.5 Å². The highest BCUT2D eigenvalue weighted by Crippen LogP contribution is 2.30. The summed E-state index contributed by atoms with van der Waals surface area (Å²) < 4.78 is 3.29. The first-order valence-corrected chi connectivity index (χ1v) is 7.13. The van der Waals surface area contributed by atoms with Crippen molar-refractivity contribution in [1.29, 1.82) is 0 Å². The molecule has 19 heavy (non-hydrogen) atoms. The lowest BCUT2D eigenvalue weighted by Crippen LogP contribution is -2.31. The van der Waals surface area contributed by atoms with Gasteiger partial charge in [-0.2, -0.15) is 0 Å². The zero-order chi connectivity index (χ0) is 12.8. The number of fused-ring (bicyclic) bond motifs is 2. The molecular formula is C13H13N5S. The van der Waals surface area contributed by atoms with E-state index in [9.17, 15) is 0 Å². The molecule has 0 saturated heterocycles. The predicted octanol–water partition coefficient (Wildman–Crippen LogP) is 1.99. The number of anilines is 1. The van der Waals surface area contributed by atoms with Crippen molar-refractivity contribution in [3.05, 3.63) is 35.5 Å². The van der Waals surface area contributed by atoms with Gasteiger partial charge >= 0.3 is 0 Å². The fourth-order valence-electron chi connectivity index (χ4n) is 2.64. The van der Waals surface area contributed by atoms with E-state index in [-0.39, 0.29) is 0 Å². The number of aryl methyl sites for hydroxylation is 1. The van der Waals surface area contributed by atoms with Gasteiger partial charge in [-0.1, -0.05) is 0 Å². The Morgan fingerprint density at radius 3 is 3.16 bits per heavy atom. The van der Waals surface area contributed by atoms with E-state index >= 15 is 0 Å². The highest BCUT2D eigenvalue weighted by atomic mass is 32.1. The third-order valence-corrected chi connectivity index (χ3v) is 4.53. The van der Waals surface area contributed by atoms with Crippen LogP contribution in [-0.2, 0) is 20.0 Å². The molecule has 0 bridgehead atoms. The molecule has 6 heteroatoms. The van der Waals surface area contributed by atoms with Crippen LogP contribution in [0.15, 0.2) is 24.1 Å². The second-order valence-electron chi connectivity index (χ2n) is 4.75. The van der Waals surface area contributed by atoms with Crippen LogP contribution < -0.4 is 4.90 Å². The van der Waals surface area contributed by atoms with Gasteiger partial charge in [-0.05, 0) is 11.4 Å². The number of nitrogens with zero attached hydrogens (tertiary/aromatic N) is 5. The molecule has 0 N–H and O–H groups in total. The highest BCUT2D eigenvalue weighted by Gasteiger charge is 2.22. The molecule has 0 fully saturated rings. The largest absolute Gasteiger partial charge is 0.349 e. The molecule has 0 aromatic carbocycles. The standard InChI is InChI=1S/C13H13N5S/c1-17-8-16-10-6-18(4-2-11(10)17)13-12-9(3-5-19-12)14-7-15-13/h3,5,7-8H,2,4,6H2,1H3. The van der Waals surface area contributed by atoms with Crippen LogP contribution in [0.3, 0.4) is 0 Å². The topological polar surface area (TPSA) is 46.8 Å². The van der Waals surface area contributed by atoms with E-state index < -0.39 is 0 Å². The minimum absolute atomic E-state index is 0.834. The van der Waals surface area contributed by atoms with Crippen molar-refractivity contribution in [2.45, 2.75) is 13.0 Å². The van der Waals surface area contributed by atoms with Crippen molar-refractivity contribution in [2.75, 3.05) is 11.4 Å². The van der Waals surface area contributed by atoms with Crippen molar-refractivity contribution < 1.29 is 0 Å². The van der Waals surface area contributed by atoms with Crippen molar-refractivity contribution in [2.24, 2.45) is 7.05 Å². The van der Waals surface area contributed by atoms with E-state index in [1.807, 2.05) is 12.4 Å². The van der Waals surface area contributed by atoms with Gasteiger partial charge in [-0.25, -0.2) is 15.0 Å². The predicted molar refractivity (Wildman–Crippen MR) is 75.4 cm³/mol. The highest BCUT2D eigenvalue weighted by molar-refractivity contribution is 7.17. The first-order valence-electron chi connectivity index (χ1n) is 6.25. The molecular weight excluding hydrogens is 258 g/mol. The Labute approximate surface area is 114 Å². The van der Waals surface area contributed by atoms with Crippen LogP contribution in [0, 0.1) is 0 Å². The fourth-order valence-corrected chi connectivity index (χ4v) is 3.50. The third kappa shape index (κ3) is 1.63. The SMILES string of the molecule is Cn1cnc2c1CCN(c1ncnc3ccsc13)C2. The number of rotatable bonds is 1. The molecule has 1 aliphatic rings. The quantitative estimate of drug-likeness (QED) is 0.679. The van der Waals surface area contributed by atoms with Gasteiger partial charge in [0.05, 0.1) is 28.8 Å². The van der Waals surface area contributed by atoms with Gasteiger partial charge in [0.15, 0.2) is 0 Å². The van der Waals surface area contributed by atoms with Crippen LogP contribution in [0.25, 0.3) is 10.2 Å². The molecule has 1 aliphatic heterocycles. The van der Waals surface area contributed by atoms with Crippen molar-refractivity contribution in [3.8, 4) is 0 Å². The van der Waals surface area contributed by atoms with Gasteiger partial charge in [0, 0.05) is 25.7 Å². The molecule has 0 atom stereocenters. The third-order valence-electron chi connectivity index (χ3n) is 3.63. The number of hydrogen-bond acceptors (Lipinski definition) is 5. The molecule has 0 saturated carbocycles. The average Bonchev–Trinajstić information content (AvgIpc) is 3.05. The van der Waals surface area contributed by atoms with Crippen LogP contribution in [0.5, 0.6) is 0 Å². The Hall–Kier alpha value is -1.95. The summed E-state index contributed by atoms with van der Waals surface area (Å²) in [4.78, 5) is 15.6. The normalized spacial score (nSPS) is 14.9. The minimum atomic E-state index is 0.834. The lowest BCUT2D eigenvalue weighted by Gasteiger charge is -2.27. The molecule has 0 radical (unpaired) electrons. The lowest BCUT2D eigenvalue weighted by atomic mass is 10.1. The first kappa shape index (κ1) is 10.9. The zero-order valence-corrected chi connectivity index (χ0v) is 11.4. The Kier molecular flexibility index (Phi) is 2.32. The summed E-state index contributed by atoms with van der Waals surface area (Å²) in [7, 11) is 2.06. The van der Waals surface area contributed by atoms with Gasteiger partial charge in [0.1, 0.15) is 12.1 Å². The molecule has 0 amide bonds. The van der Waals surface area contributed by atoms with Crippen LogP contribution in [0.2, 0.25) is 0 Å². The van der Waals surface area contributed by atoms with E-state index in [1.165, 1.54) is 10.4 Å². The van der Waals surface area contributed by atoms with Crippen LogP contribution in [0.4, 0.5) is 5.82 Å². The second kappa shape index (κ2) is 4.03. The van der Waals surface area contributed by atoms with Crippen LogP contribution in [0.1, 0.15) is 11.4 Å². The fraction of sp³-hybridized carbons (Fsp3) is 0.308. The summed E-state index contributed by atoms with van der Waals surface area (Å²) in [6.45, 7) is 1.82. The average molecular weight is 271 g/mol. The molecule has 3 aromatic heterocycles. The van der Waals surface area contributed by atoms with Gasteiger partial charge in [-0.3, -0.25) is 0 Å². The van der Waals surface area contributed by atoms with E-state index in [2.05, 4.69) is 36.8 Å². The Morgan fingerprint density at radius 1 is 1.26 bits per heavy atom. The van der Waals surface area contributed by atoms with Crippen LogP contribution in [-0.4, -0.2) is 26.1 Å². The van der Waals surface area contributed by atoms with E-state index in [1.54, 1.807) is 17.7 Å². The maximum absolute atomic E-state index is 4.48. The lowest BCUT2D eigenvalue weighted by molar-refractivity contribution is 0.678. The number of hydrogen-bond donors (Lipinski definition) is 0. The monoisotopic (exact) mass is 271 g/mol. The van der Waals surface area contributed by atoms with Crippen molar-refractivity contribution >= 4 is 27.4 Å². The molecule has 5 nitrogen and oxygen atoms in total. The smallest absolute Gasteiger partial charge is 0.150 e. The number of aromatic nitrogens is 4. The summed E-state index contributed by atoms with van der Waals surface area (Å²) in [5.41, 5.74) is 3.53. The first-order chi connectivity index (χ1) is 9.33. The van der Waals surface area contributed by atoms with Gasteiger partial charge < -0.3 is 9.47 Å². The van der Waals surface area contributed by atoms with E-state index in [4.69, 9.17) is 0 Å². The molecule has 3 aromatic rings. The summed E-state index contributed by atoms with van der Waals surface area (Å²) in [6.07, 6.45) is 4.57. The van der Waals surface area contributed by atoms with Gasteiger partial charge in [-0.15, -0.1) is 11.3 Å². The summed E-state index contributed by atoms with van der Waals surface area (Å²) in [5.74, 6) is 1.04. The Morgan fingerprint density at radius 2 is 2.21 bits per heavy atom. The van der Waals surface area contributed by atoms with Gasteiger partial charge in [0.2, 0.25) is 0 Å². The number of imidazole rings is 1. The Bertz CT molecular complexity index is 744. The maximum atomic E-state index is 4.48. The van der Waals surface area contributed by atoms with Crippen LogP contribution >= 0.6 is 11.3 Å². The maximum Gasteiger partial charge on any atom is 0.150 e. The molecule has 0 aliphatic carbocycles. The summed E-state index contributed by atoms with van der Waals surface area (Å²) in [6, 6.07) is 2.04. The van der Waals surface area contributed by atoms with E-state index in [0.29, 0.717) is 0 Å². The molecule has 0 unspecified atom stereocenters. The molecule has 4 rings (SSSR count). The number of thiophene rings is 1. The van der Waals surface area contributed by atoms with Gasteiger partial charge in [0.25, 0.3) is 0 Å². The molecule has 0 spiro atoms. The minimum Gasteiger partial charge on any atom is -0.349 e. The zero-order valence-electron chi connectivity index (χ0n) is 10.6. The van der Waals surface area contributed by atoms with Crippen molar-refractivity contribution in [3.63, 3.8) is 0 Å². The second-order valence-corrected chi connectivity index (χ2v) is 5.67. The Balaban J connectivity index is 1.76. The summed E-state index contributed by atoms with van der Waals surface area (Å²) >= 11 is 1.70. The van der Waals surface area contributed by atoms with Crippen molar-refractivity contribution in [1.82, 2.24) is 19.5 Å².